The number of phenolic OH excluding ortho intramolecular Hbond substituents is 1. The van der Waals surface area contributed by atoms with Crippen LogP contribution in [0.5, 0.6) is 5.75 Å². The molecule has 0 radical (unpaired) electrons. The van der Waals surface area contributed by atoms with Crippen LogP contribution in [0.25, 0.3) is 0 Å². The summed E-state index contributed by atoms with van der Waals surface area (Å²) in [6.07, 6.45) is -0.543. The lowest BCUT2D eigenvalue weighted by molar-refractivity contribution is -0.117. The SMILES string of the molecule is O=C(O)c1cc(O)ccc1N1CC(S(=O)(=O)F)CC1=O. The average Bonchev–Trinajstić information content (AvgIpc) is 2.71. The third kappa shape index (κ3) is 2.57. The van der Waals surface area contributed by atoms with Crippen molar-refractivity contribution in [2.24, 2.45) is 0 Å². The van der Waals surface area contributed by atoms with Crippen molar-refractivity contribution in [3.63, 3.8) is 0 Å². The molecule has 2 rings (SSSR count). The highest BCUT2D eigenvalue weighted by atomic mass is 32.3. The zero-order valence-electron chi connectivity index (χ0n) is 9.98. The van der Waals surface area contributed by atoms with Crippen LogP contribution in [0.15, 0.2) is 18.2 Å². The second kappa shape index (κ2) is 4.75. The number of benzene rings is 1. The van der Waals surface area contributed by atoms with Gasteiger partial charge in [-0.15, -0.1) is 3.89 Å². The maximum absolute atomic E-state index is 12.9. The molecule has 1 saturated heterocycles. The number of anilines is 1. The summed E-state index contributed by atoms with van der Waals surface area (Å²) < 4.78 is 34.6. The number of halogens is 1. The molecule has 9 heteroatoms. The minimum atomic E-state index is -4.88. The van der Waals surface area contributed by atoms with Gasteiger partial charge in [0.25, 0.3) is 0 Å². The number of amides is 1. The summed E-state index contributed by atoms with van der Waals surface area (Å²) in [5.41, 5.74) is -0.443. The van der Waals surface area contributed by atoms with Gasteiger partial charge in [-0.3, -0.25) is 4.79 Å². The normalized spacial score (nSPS) is 19.4. The first-order valence-corrected chi connectivity index (χ1v) is 6.95. The Morgan fingerprint density at radius 2 is 2.05 bits per heavy atom. The standard InChI is InChI=1S/C11H10FNO6S/c12-20(18,19)7-4-10(15)13(5-7)9-2-1-6(14)3-8(9)11(16)17/h1-3,7,14H,4-5H2,(H,16,17). The lowest BCUT2D eigenvalue weighted by Crippen LogP contribution is -2.28. The fraction of sp³-hybridized carbons (Fsp3) is 0.273. The van der Waals surface area contributed by atoms with Crippen molar-refractivity contribution in [2.75, 3.05) is 11.4 Å². The van der Waals surface area contributed by atoms with Crippen LogP contribution in [0.1, 0.15) is 16.8 Å². The number of aromatic hydroxyl groups is 1. The highest BCUT2D eigenvalue weighted by molar-refractivity contribution is 7.87. The van der Waals surface area contributed by atoms with Gasteiger partial charge in [0.2, 0.25) is 5.91 Å². The number of phenols is 1. The number of hydrogen-bond acceptors (Lipinski definition) is 5. The van der Waals surface area contributed by atoms with E-state index in [1.807, 2.05) is 0 Å². The molecule has 1 amide bonds. The molecule has 1 fully saturated rings. The van der Waals surface area contributed by atoms with Crippen LogP contribution in [0.2, 0.25) is 0 Å². The highest BCUT2D eigenvalue weighted by Crippen LogP contribution is 2.30. The molecule has 1 aromatic carbocycles. The van der Waals surface area contributed by atoms with Crippen LogP contribution in [0, 0.1) is 0 Å². The van der Waals surface area contributed by atoms with Gasteiger partial charge in [-0.1, -0.05) is 0 Å². The molecule has 1 aliphatic heterocycles. The van der Waals surface area contributed by atoms with E-state index in [1.54, 1.807) is 0 Å². The minimum Gasteiger partial charge on any atom is -0.508 e. The van der Waals surface area contributed by atoms with Crippen molar-refractivity contribution in [3.8, 4) is 5.75 Å². The quantitative estimate of drug-likeness (QED) is 0.786. The summed E-state index contributed by atoms with van der Waals surface area (Å²) in [6.45, 7) is -0.456. The molecule has 1 heterocycles. The van der Waals surface area contributed by atoms with Gasteiger partial charge < -0.3 is 15.1 Å². The lowest BCUT2D eigenvalue weighted by atomic mass is 10.1. The summed E-state index contributed by atoms with van der Waals surface area (Å²) in [7, 11) is -4.88. The van der Waals surface area contributed by atoms with E-state index in [1.165, 1.54) is 6.07 Å². The molecule has 0 spiro atoms. The summed E-state index contributed by atoms with van der Waals surface area (Å²) in [4.78, 5) is 23.7. The van der Waals surface area contributed by atoms with Crippen LogP contribution in [-0.4, -0.2) is 42.3 Å². The van der Waals surface area contributed by atoms with E-state index in [4.69, 9.17) is 5.11 Å². The summed E-state index contributed by atoms with van der Waals surface area (Å²) in [5.74, 6) is -2.40. The Hall–Kier alpha value is -2.16. The van der Waals surface area contributed by atoms with Crippen LogP contribution < -0.4 is 4.90 Å². The van der Waals surface area contributed by atoms with Crippen LogP contribution in [-0.2, 0) is 15.0 Å². The molecule has 1 unspecified atom stereocenters. The fourth-order valence-corrected chi connectivity index (χ4v) is 2.70. The molecule has 0 aromatic heterocycles. The van der Waals surface area contributed by atoms with Gasteiger partial charge in [-0.25, -0.2) is 4.79 Å². The summed E-state index contributed by atoms with van der Waals surface area (Å²) in [5, 5.41) is 16.8. The zero-order chi connectivity index (χ0) is 15.1. The number of aromatic carboxylic acids is 1. The fourth-order valence-electron chi connectivity index (χ4n) is 2.03. The molecule has 108 valence electrons. The lowest BCUT2D eigenvalue weighted by Gasteiger charge is -2.18. The summed E-state index contributed by atoms with van der Waals surface area (Å²) >= 11 is 0. The predicted octanol–water partition coefficient (Wildman–Crippen LogP) is 0.495. The molecule has 1 atom stereocenters. The predicted molar refractivity (Wildman–Crippen MR) is 65.9 cm³/mol. The first-order valence-electron chi connectivity index (χ1n) is 5.50. The Morgan fingerprint density at radius 1 is 1.40 bits per heavy atom. The van der Waals surface area contributed by atoms with Crippen LogP contribution in [0.4, 0.5) is 9.57 Å². The highest BCUT2D eigenvalue weighted by Gasteiger charge is 2.40. The molecule has 2 N–H and O–H groups in total. The van der Waals surface area contributed by atoms with Crippen molar-refractivity contribution in [1.82, 2.24) is 0 Å². The van der Waals surface area contributed by atoms with Crippen molar-refractivity contribution in [3.05, 3.63) is 23.8 Å². The van der Waals surface area contributed by atoms with Crippen LogP contribution >= 0.6 is 0 Å². The zero-order valence-corrected chi connectivity index (χ0v) is 10.8. The first kappa shape index (κ1) is 14.3. The van der Waals surface area contributed by atoms with E-state index in [9.17, 15) is 27.0 Å². The van der Waals surface area contributed by atoms with Gasteiger partial charge in [0.1, 0.15) is 11.0 Å². The van der Waals surface area contributed by atoms with Crippen molar-refractivity contribution >= 4 is 27.8 Å². The molecule has 0 aliphatic carbocycles. The number of carboxylic acid groups (broad SMARTS) is 1. The maximum Gasteiger partial charge on any atom is 0.337 e. The molecular formula is C11H10FNO6S. The Labute approximate surface area is 113 Å². The Morgan fingerprint density at radius 3 is 2.55 bits per heavy atom. The second-order valence-electron chi connectivity index (χ2n) is 4.31. The van der Waals surface area contributed by atoms with Gasteiger partial charge in [0.05, 0.1) is 11.3 Å². The molecule has 1 aliphatic rings. The smallest absolute Gasteiger partial charge is 0.337 e. The van der Waals surface area contributed by atoms with E-state index in [0.29, 0.717) is 0 Å². The van der Waals surface area contributed by atoms with Gasteiger partial charge in [0, 0.05) is 13.0 Å². The number of nitrogens with zero attached hydrogens (tertiary/aromatic N) is 1. The molecule has 1 aromatic rings. The van der Waals surface area contributed by atoms with E-state index in [-0.39, 0.29) is 17.0 Å². The third-order valence-corrected chi connectivity index (χ3v) is 4.10. The van der Waals surface area contributed by atoms with Crippen molar-refractivity contribution in [1.29, 1.82) is 0 Å². The summed E-state index contributed by atoms with van der Waals surface area (Å²) in [6, 6.07) is 3.26. The average molecular weight is 303 g/mol. The number of rotatable bonds is 3. The molecular weight excluding hydrogens is 293 g/mol. The largest absolute Gasteiger partial charge is 0.508 e. The Kier molecular flexibility index (Phi) is 3.38. The van der Waals surface area contributed by atoms with Gasteiger partial charge >= 0.3 is 16.2 Å². The Balaban J connectivity index is 2.43. The van der Waals surface area contributed by atoms with Gasteiger partial charge in [-0.05, 0) is 18.2 Å². The topological polar surface area (TPSA) is 112 Å². The number of hydrogen-bond donors (Lipinski definition) is 2. The number of carboxylic acids is 1. The Bertz CT molecular complexity index is 686. The molecule has 0 saturated carbocycles. The first-order chi connectivity index (χ1) is 9.20. The van der Waals surface area contributed by atoms with E-state index in [0.717, 1.165) is 17.0 Å². The molecule has 0 bridgehead atoms. The van der Waals surface area contributed by atoms with Crippen molar-refractivity contribution in [2.45, 2.75) is 11.7 Å². The molecule has 7 nitrogen and oxygen atoms in total. The third-order valence-electron chi connectivity index (χ3n) is 2.99. The molecule has 20 heavy (non-hydrogen) atoms. The van der Waals surface area contributed by atoms with E-state index < -0.39 is 40.3 Å². The monoisotopic (exact) mass is 303 g/mol. The van der Waals surface area contributed by atoms with E-state index in [2.05, 4.69) is 0 Å². The number of carbonyl (C=O) groups excluding carboxylic acids is 1. The van der Waals surface area contributed by atoms with E-state index >= 15 is 0 Å². The maximum atomic E-state index is 12.9. The number of carbonyl (C=O) groups is 2. The van der Waals surface area contributed by atoms with Crippen molar-refractivity contribution < 1.29 is 32.1 Å². The van der Waals surface area contributed by atoms with Crippen LogP contribution in [0.3, 0.4) is 0 Å². The van der Waals surface area contributed by atoms with Gasteiger partial charge in [0.15, 0.2) is 0 Å². The minimum absolute atomic E-state index is 0.0774. The second-order valence-corrected chi connectivity index (χ2v) is 5.93. The van der Waals surface area contributed by atoms with Gasteiger partial charge in [-0.2, -0.15) is 8.42 Å².